The van der Waals surface area contributed by atoms with E-state index in [4.69, 9.17) is 5.73 Å². The summed E-state index contributed by atoms with van der Waals surface area (Å²) < 4.78 is 0. The van der Waals surface area contributed by atoms with Gasteiger partial charge in [0.2, 0.25) is 0 Å². The van der Waals surface area contributed by atoms with Crippen molar-refractivity contribution in [3.63, 3.8) is 0 Å². The molecule has 0 bridgehead atoms. The van der Waals surface area contributed by atoms with Crippen LogP contribution in [0.1, 0.15) is 64.7 Å². The lowest BCUT2D eigenvalue weighted by molar-refractivity contribution is 0.0487. The molecule has 0 aromatic heterocycles. The molecule has 2 heteroatoms. The van der Waals surface area contributed by atoms with Gasteiger partial charge in [-0.1, -0.05) is 32.6 Å². The Labute approximate surface area is 113 Å². The molecule has 2 fully saturated rings. The van der Waals surface area contributed by atoms with Crippen molar-refractivity contribution >= 4 is 0 Å². The average molecular weight is 252 g/mol. The number of nitrogens with zero attached hydrogens (tertiary/aromatic N) is 1. The summed E-state index contributed by atoms with van der Waals surface area (Å²) in [6.07, 6.45) is 12.3. The maximum atomic E-state index is 6.67. The minimum absolute atomic E-state index is 0.287. The van der Waals surface area contributed by atoms with Gasteiger partial charge in [-0.25, -0.2) is 0 Å². The van der Waals surface area contributed by atoms with Gasteiger partial charge in [-0.15, -0.1) is 0 Å². The van der Waals surface area contributed by atoms with Gasteiger partial charge in [-0.2, -0.15) is 0 Å². The highest BCUT2D eigenvalue weighted by atomic mass is 15.2. The fourth-order valence-corrected chi connectivity index (χ4v) is 4.24. The highest BCUT2D eigenvalue weighted by Crippen LogP contribution is 2.40. The van der Waals surface area contributed by atoms with Gasteiger partial charge in [0.05, 0.1) is 0 Å². The molecule has 0 aliphatic heterocycles. The summed E-state index contributed by atoms with van der Waals surface area (Å²) in [5, 5.41) is 0. The standard InChI is InChI=1S/C16H32N2/c1-13-8-10-16(11-9-13,18(2)3)15(17)12-14-6-4-5-7-14/h13-15H,4-12,17H2,1-3H3. The Balaban J connectivity index is 1.99. The van der Waals surface area contributed by atoms with Gasteiger partial charge in [-0.3, -0.25) is 0 Å². The summed E-state index contributed by atoms with van der Waals surface area (Å²) in [7, 11) is 4.48. The van der Waals surface area contributed by atoms with Gasteiger partial charge in [0, 0.05) is 11.6 Å². The molecule has 0 heterocycles. The van der Waals surface area contributed by atoms with Crippen LogP contribution in [0.4, 0.5) is 0 Å². The van der Waals surface area contributed by atoms with Gasteiger partial charge < -0.3 is 10.6 Å². The minimum atomic E-state index is 0.287. The second-order valence-corrected chi connectivity index (χ2v) is 7.17. The number of likely N-dealkylation sites (N-methyl/N-ethyl adjacent to an activating group) is 1. The molecule has 0 radical (unpaired) electrons. The molecule has 0 saturated heterocycles. The normalized spacial score (nSPS) is 36.2. The molecule has 2 N–H and O–H groups in total. The summed E-state index contributed by atoms with van der Waals surface area (Å²) in [6, 6.07) is 0.378. The Morgan fingerprint density at radius 2 is 1.67 bits per heavy atom. The predicted molar refractivity (Wildman–Crippen MR) is 78.6 cm³/mol. The van der Waals surface area contributed by atoms with Gasteiger partial charge >= 0.3 is 0 Å². The van der Waals surface area contributed by atoms with Crippen LogP contribution in [0.5, 0.6) is 0 Å². The van der Waals surface area contributed by atoms with E-state index < -0.39 is 0 Å². The Bertz CT molecular complexity index is 248. The molecule has 2 saturated carbocycles. The largest absolute Gasteiger partial charge is 0.326 e. The van der Waals surface area contributed by atoms with Crippen LogP contribution in [-0.2, 0) is 0 Å². The quantitative estimate of drug-likeness (QED) is 0.831. The summed E-state index contributed by atoms with van der Waals surface area (Å²) in [5.74, 6) is 1.81. The highest BCUT2D eigenvalue weighted by molar-refractivity contribution is 5.00. The molecule has 0 amide bonds. The van der Waals surface area contributed by atoms with Crippen molar-refractivity contribution in [1.82, 2.24) is 4.90 Å². The lowest BCUT2D eigenvalue weighted by Crippen LogP contribution is -2.59. The Morgan fingerprint density at radius 1 is 1.11 bits per heavy atom. The molecular formula is C16H32N2. The van der Waals surface area contributed by atoms with E-state index in [0.717, 1.165) is 11.8 Å². The van der Waals surface area contributed by atoms with Crippen LogP contribution in [0.25, 0.3) is 0 Å². The Hall–Kier alpha value is -0.0800. The van der Waals surface area contributed by atoms with E-state index in [-0.39, 0.29) is 5.54 Å². The smallest absolute Gasteiger partial charge is 0.0354 e. The van der Waals surface area contributed by atoms with Crippen molar-refractivity contribution < 1.29 is 0 Å². The number of hydrogen-bond acceptors (Lipinski definition) is 2. The first-order chi connectivity index (χ1) is 8.54. The Kier molecular flexibility index (Phi) is 4.71. The van der Waals surface area contributed by atoms with E-state index in [0.29, 0.717) is 6.04 Å². The summed E-state index contributed by atoms with van der Waals surface area (Å²) in [6.45, 7) is 2.39. The van der Waals surface area contributed by atoms with Crippen LogP contribution in [0.3, 0.4) is 0 Å². The van der Waals surface area contributed by atoms with Crippen LogP contribution in [-0.4, -0.2) is 30.6 Å². The predicted octanol–water partition coefficient (Wildman–Crippen LogP) is 3.40. The fraction of sp³-hybridized carbons (Fsp3) is 1.00. The molecule has 0 spiro atoms. The third kappa shape index (κ3) is 2.91. The first kappa shape index (κ1) is 14.3. The molecule has 2 nitrogen and oxygen atoms in total. The van der Waals surface area contributed by atoms with E-state index in [1.54, 1.807) is 0 Å². The summed E-state index contributed by atoms with van der Waals surface area (Å²) >= 11 is 0. The van der Waals surface area contributed by atoms with E-state index >= 15 is 0 Å². The molecule has 2 aliphatic carbocycles. The summed E-state index contributed by atoms with van der Waals surface area (Å²) in [5.41, 5.74) is 6.95. The van der Waals surface area contributed by atoms with Gasteiger partial charge in [0.25, 0.3) is 0 Å². The molecule has 106 valence electrons. The Morgan fingerprint density at radius 3 is 2.17 bits per heavy atom. The zero-order valence-corrected chi connectivity index (χ0v) is 12.6. The molecule has 0 aromatic carbocycles. The van der Waals surface area contributed by atoms with Crippen molar-refractivity contribution in [2.24, 2.45) is 17.6 Å². The third-order valence-electron chi connectivity index (χ3n) is 5.78. The number of hydrogen-bond donors (Lipinski definition) is 1. The van der Waals surface area contributed by atoms with Crippen LogP contribution in [0, 0.1) is 11.8 Å². The van der Waals surface area contributed by atoms with Crippen molar-refractivity contribution in [3.8, 4) is 0 Å². The van der Waals surface area contributed by atoms with Crippen LogP contribution >= 0.6 is 0 Å². The van der Waals surface area contributed by atoms with Crippen molar-refractivity contribution in [3.05, 3.63) is 0 Å². The minimum Gasteiger partial charge on any atom is -0.326 e. The van der Waals surface area contributed by atoms with Gasteiger partial charge in [0.15, 0.2) is 0 Å². The third-order valence-corrected chi connectivity index (χ3v) is 5.78. The summed E-state index contributed by atoms with van der Waals surface area (Å²) in [4.78, 5) is 2.44. The van der Waals surface area contributed by atoms with Gasteiger partial charge in [-0.05, 0) is 58.0 Å². The van der Waals surface area contributed by atoms with E-state index in [9.17, 15) is 0 Å². The lowest BCUT2D eigenvalue weighted by atomic mass is 9.70. The van der Waals surface area contributed by atoms with Gasteiger partial charge in [0.1, 0.15) is 0 Å². The zero-order chi connectivity index (χ0) is 13.2. The van der Waals surface area contributed by atoms with Crippen molar-refractivity contribution in [2.75, 3.05) is 14.1 Å². The van der Waals surface area contributed by atoms with Crippen molar-refractivity contribution in [1.29, 1.82) is 0 Å². The molecule has 1 unspecified atom stereocenters. The second-order valence-electron chi connectivity index (χ2n) is 7.17. The van der Waals surface area contributed by atoms with Crippen molar-refractivity contribution in [2.45, 2.75) is 76.3 Å². The van der Waals surface area contributed by atoms with Crippen LogP contribution < -0.4 is 5.73 Å². The number of nitrogens with two attached hydrogens (primary N) is 1. The molecule has 2 rings (SSSR count). The highest BCUT2D eigenvalue weighted by Gasteiger charge is 2.42. The SMILES string of the molecule is CC1CCC(C(N)CC2CCCC2)(N(C)C)CC1. The van der Waals surface area contributed by atoms with E-state index in [1.807, 2.05) is 0 Å². The van der Waals surface area contributed by atoms with Crippen LogP contribution in [0.2, 0.25) is 0 Å². The molecular weight excluding hydrogens is 220 g/mol. The zero-order valence-electron chi connectivity index (χ0n) is 12.6. The first-order valence-corrected chi connectivity index (χ1v) is 7.97. The molecule has 2 aliphatic rings. The maximum Gasteiger partial charge on any atom is 0.0354 e. The van der Waals surface area contributed by atoms with Crippen LogP contribution in [0.15, 0.2) is 0 Å². The monoisotopic (exact) mass is 252 g/mol. The van der Waals surface area contributed by atoms with E-state index in [1.165, 1.54) is 57.8 Å². The number of rotatable bonds is 4. The first-order valence-electron chi connectivity index (χ1n) is 7.97. The average Bonchev–Trinajstić information content (AvgIpc) is 2.82. The topological polar surface area (TPSA) is 29.3 Å². The molecule has 0 aromatic rings. The lowest BCUT2D eigenvalue weighted by Gasteiger charge is -2.49. The van der Waals surface area contributed by atoms with E-state index in [2.05, 4.69) is 25.9 Å². The molecule has 1 atom stereocenters. The molecule has 18 heavy (non-hydrogen) atoms. The fourth-order valence-electron chi connectivity index (χ4n) is 4.24. The maximum absolute atomic E-state index is 6.67. The second kappa shape index (κ2) is 5.92.